The molecule has 100 valence electrons. The van der Waals surface area contributed by atoms with Gasteiger partial charge in [-0.05, 0) is 37.3 Å². The Morgan fingerprint density at radius 1 is 0.950 bits per heavy atom. The molecule has 5 heteroatoms. The van der Waals surface area contributed by atoms with E-state index < -0.39 is 11.7 Å². The third-order valence-electron chi connectivity index (χ3n) is 3.20. The van der Waals surface area contributed by atoms with Gasteiger partial charge in [0.1, 0.15) is 0 Å². The van der Waals surface area contributed by atoms with Crippen LogP contribution in [-0.2, 0) is 4.79 Å². The van der Waals surface area contributed by atoms with Gasteiger partial charge in [-0.2, -0.15) is 0 Å². The molecule has 0 aliphatic carbocycles. The number of hydrogen-bond donors (Lipinski definition) is 0. The smallest absolute Gasteiger partial charge is 0.283 e. The predicted molar refractivity (Wildman–Crippen MR) is 79.1 cm³/mol. The van der Waals surface area contributed by atoms with Gasteiger partial charge in [-0.3, -0.25) is 14.5 Å². The summed E-state index contributed by atoms with van der Waals surface area (Å²) >= 11 is 11.8. The number of amides is 1. The first-order chi connectivity index (χ1) is 9.49. The highest BCUT2D eigenvalue weighted by Crippen LogP contribution is 2.38. The van der Waals surface area contributed by atoms with Crippen LogP contribution >= 0.6 is 23.2 Å². The third-order valence-corrected chi connectivity index (χ3v) is 3.94. The molecule has 0 N–H and O–H groups in total. The molecule has 1 heterocycles. The topological polar surface area (TPSA) is 37.4 Å². The van der Waals surface area contributed by atoms with E-state index in [-0.39, 0.29) is 0 Å². The summed E-state index contributed by atoms with van der Waals surface area (Å²) in [7, 11) is 0. The molecule has 0 saturated heterocycles. The van der Waals surface area contributed by atoms with Crippen molar-refractivity contribution in [2.24, 2.45) is 0 Å². The lowest BCUT2D eigenvalue weighted by Gasteiger charge is -2.17. The number of nitrogens with zero attached hydrogens (tertiary/aromatic N) is 1. The maximum atomic E-state index is 12.2. The highest BCUT2D eigenvalue weighted by molar-refractivity contribution is 6.53. The lowest BCUT2D eigenvalue weighted by molar-refractivity contribution is -0.113. The lowest BCUT2D eigenvalue weighted by atomic mass is 10.1. The van der Waals surface area contributed by atoms with Gasteiger partial charge >= 0.3 is 5.91 Å². The second-order valence-electron chi connectivity index (χ2n) is 4.59. The molecule has 20 heavy (non-hydrogen) atoms. The minimum absolute atomic E-state index is 0.338. The molecular formula is C15H9Cl2NO2. The maximum absolute atomic E-state index is 12.2. The first-order valence-corrected chi connectivity index (χ1v) is 6.69. The summed E-state index contributed by atoms with van der Waals surface area (Å²) in [4.78, 5) is 25.6. The highest BCUT2D eigenvalue weighted by Gasteiger charge is 2.36. The number of benzene rings is 2. The number of Topliss-reactive ketones (excluding diaryl/α,β-unsaturated/α-hetero) is 1. The Hall–Kier alpha value is -1.84. The summed E-state index contributed by atoms with van der Waals surface area (Å²) < 4.78 is 0. The zero-order valence-corrected chi connectivity index (χ0v) is 12.0. The minimum Gasteiger partial charge on any atom is -0.283 e. The molecule has 1 amide bonds. The van der Waals surface area contributed by atoms with Crippen LogP contribution in [0.5, 0.6) is 0 Å². The van der Waals surface area contributed by atoms with E-state index in [4.69, 9.17) is 23.2 Å². The fourth-order valence-electron chi connectivity index (χ4n) is 2.23. The van der Waals surface area contributed by atoms with Crippen LogP contribution in [0.15, 0.2) is 36.4 Å². The quantitative estimate of drug-likeness (QED) is 0.742. The average molecular weight is 306 g/mol. The molecule has 0 atom stereocenters. The molecule has 1 aliphatic heterocycles. The number of aryl methyl sites for hydroxylation is 1. The normalized spacial score (nSPS) is 13.8. The van der Waals surface area contributed by atoms with Crippen molar-refractivity contribution in [1.29, 1.82) is 0 Å². The molecule has 0 bridgehead atoms. The Balaban J connectivity index is 2.18. The summed E-state index contributed by atoms with van der Waals surface area (Å²) in [5, 5.41) is 0.738. The molecule has 0 saturated carbocycles. The maximum Gasteiger partial charge on any atom is 0.304 e. The standard InChI is InChI=1S/C15H9Cl2NO2/c1-8-2-5-13-10(6-8)14(19)15(20)18(13)9-3-4-11(16)12(17)7-9/h2-7H,1H3. The second kappa shape index (κ2) is 4.62. The van der Waals surface area contributed by atoms with Crippen molar-refractivity contribution in [1.82, 2.24) is 0 Å². The van der Waals surface area contributed by atoms with Gasteiger partial charge < -0.3 is 0 Å². The lowest BCUT2D eigenvalue weighted by Crippen LogP contribution is -2.24. The Kier molecular flexibility index (Phi) is 3.04. The van der Waals surface area contributed by atoms with Crippen molar-refractivity contribution in [2.45, 2.75) is 6.92 Å². The summed E-state index contributed by atoms with van der Waals surface area (Å²) in [6.45, 7) is 1.87. The molecular weight excluding hydrogens is 297 g/mol. The zero-order chi connectivity index (χ0) is 14.4. The number of fused-ring (bicyclic) bond motifs is 1. The average Bonchev–Trinajstić information content (AvgIpc) is 2.66. The number of hydrogen-bond acceptors (Lipinski definition) is 2. The van der Waals surface area contributed by atoms with Crippen LogP contribution in [-0.4, -0.2) is 11.7 Å². The predicted octanol–water partition coefficient (Wildman–Crippen LogP) is 4.16. The summed E-state index contributed by atoms with van der Waals surface area (Å²) in [5.41, 5.74) is 2.45. The van der Waals surface area contributed by atoms with E-state index in [0.29, 0.717) is 27.0 Å². The number of carbonyl (C=O) groups excluding carboxylic acids is 2. The van der Waals surface area contributed by atoms with Crippen LogP contribution in [0, 0.1) is 6.92 Å². The van der Waals surface area contributed by atoms with Crippen molar-refractivity contribution >= 4 is 46.3 Å². The van der Waals surface area contributed by atoms with Gasteiger partial charge in [0, 0.05) is 0 Å². The Morgan fingerprint density at radius 2 is 1.70 bits per heavy atom. The van der Waals surface area contributed by atoms with Gasteiger partial charge in [0.15, 0.2) is 0 Å². The van der Waals surface area contributed by atoms with Crippen LogP contribution in [0.1, 0.15) is 15.9 Å². The van der Waals surface area contributed by atoms with E-state index in [1.54, 1.807) is 30.3 Å². The van der Waals surface area contributed by atoms with Crippen molar-refractivity contribution in [2.75, 3.05) is 4.90 Å². The van der Waals surface area contributed by atoms with E-state index in [1.807, 2.05) is 13.0 Å². The zero-order valence-electron chi connectivity index (χ0n) is 10.5. The van der Waals surface area contributed by atoms with Gasteiger partial charge in [0.25, 0.3) is 5.78 Å². The second-order valence-corrected chi connectivity index (χ2v) is 5.40. The van der Waals surface area contributed by atoms with Gasteiger partial charge in [-0.25, -0.2) is 0 Å². The van der Waals surface area contributed by atoms with Crippen LogP contribution < -0.4 is 4.90 Å². The van der Waals surface area contributed by atoms with Gasteiger partial charge in [-0.15, -0.1) is 0 Å². The number of halogens is 2. The molecule has 3 nitrogen and oxygen atoms in total. The molecule has 0 unspecified atom stereocenters. The Morgan fingerprint density at radius 3 is 2.40 bits per heavy atom. The highest BCUT2D eigenvalue weighted by atomic mass is 35.5. The van der Waals surface area contributed by atoms with Gasteiger partial charge in [0.2, 0.25) is 0 Å². The SMILES string of the molecule is Cc1ccc2c(c1)C(=O)C(=O)N2c1ccc(Cl)c(Cl)c1. The fraction of sp³-hybridized carbons (Fsp3) is 0.0667. The van der Waals surface area contributed by atoms with E-state index in [2.05, 4.69) is 0 Å². The van der Waals surface area contributed by atoms with Crippen molar-refractivity contribution in [3.63, 3.8) is 0 Å². The number of anilines is 2. The molecule has 0 radical (unpaired) electrons. The number of rotatable bonds is 1. The third kappa shape index (κ3) is 1.90. The molecule has 2 aromatic carbocycles. The molecule has 3 rings (SSSR count). The minimum atomic E-state index is -0.580. The van der Waals surface area contributed by atoms with Crippen molar-refractivity contribution in [3.05, 3.63) is 57.6 Å². The number of carbonyl (C=O) groups is 2. The first-order valence-electron chi connectivity index (χ1n) is 5.93. The Bertz CT molecular complexity index is 756. The van der Waals surface area contributed by atoms with E-state index in [1.165, 1.54) is 4.90 Å². The number of ketones is 1. The monoisotopic (exact) mass is 305 g/mol. The van der Waals surface area contributed by atoms with Gasteiger partial charge in [0.05, 0.1) is 27.0 Å². The summed E-state index contributed by atoms with van der Waals surface area (Å²) in [6.07, 6.45) is 0. The van der Waals surface area contributed by atoms with E-state index in [9.17, 15) is 9.59 Å². The van der Waals surface area contributed by atoms with E-state index in [0.717, 1.165) is 5.56 Å². The van der Waals surface area contributed by atoms with Gasteiger partial charge in [-0.1, -0.05) is 34.8 Å². The van der Waals surface area contributed by atoms with Crippen molar-refractivity contribution in [3.8, 4) is 0 Å². The molecule has 2 aromatic rings. The van der Waals surface area contributed by atoms with Crippen LogP contribution in [0.25, 0.3) is 0 Å². The fourth-order valence-corrected chi connectivity index (χ4v) is 2.53. The van der Waals surface area contributed by atoms with Crippen LogP contribution in [0.3, 0.4) is 0 Å². The van der Waals surface area contributed by atoms with E-state index >= 15 is 0 Å². The molecule has 0 fully saturated rings. The summed E-state index contributed by atoms with van der Waals surface area (Å²) in [6, 6.07) is 10.2. The van der Waals surface area contributed by atoms with Crippen LogP contribution in [0.2, 0.25) is 10.0 Å². The first kappa shape index (κ1) is 13.2. The largest absolute Gasteiger partial charge is 0.304 e. The molecule has 0 spiro atoms. The van der Waals surface area contributed by atoms with Crippen LogP contribution in [0.4, 0.5) is 11.4 Å². The molecule has 1 aliphatic rings. The Labute approximate surface area is 125 Å². The summed E-state index contributed by atoms with van der Waals surface area (Å²) in [5.74, 6) is -1.08. The van der Waals surface area contributed by atoms with Crippen molar-refractivity contribution < 1.29 is 9.59 Å². The molecule has 0 aromatic heterocycles.